The van der Waals surface area contributed by atoms with Gasteiger partial charge in [0.05, 0.1) is 30.8 Å². The number of fused-ring (bicyclic) bond motifs is 2. The molecule has 3 aromatic rings. The zero-order chi connectivity index (χ0) is 31.1. The van der Waals surface area contributed by atoms with Gasteiger partial charge in [0, 0.05) is 12.2 Å². The second-order valence-electron chi connectivity index (χ2n) is 12.1. The SMILES string of the molecule is C=CCN(C(=O)C1N([C@@H](CO)Cc2ccccc2)C(=O)[C@@H]2[C@H](C(=O)OCC)[C@]3(CC)CCC12O3)c1ccc2ccccc2c1. The number of hydrogen-bond donors (Lipinski definition) is 1. The Morgan fingerprint density at radius 2 is 1.82 bits per heavy atom. The molecule has 0 radical (unpaired) electrons. The molecule has 6 atom stereocenters. The number of aliphatic hydroxyl groups is 1. The maximum atomic E-state index is 15.0. The topological polar surface area (TPSA) is 96.4 Å². The molecule has 3 aliphatic heterocycles. The number of hydrogen-bond acceptors (Lipinski definition) is 6. The van der Waals surface area contributed by atoms with Gasteiger partial charge in [0.1, 0.15) is 17.6 Å². The monoisotopic (exact) mass is 596 g/mol. The van der Waals surface area contributed by atoms with E-state index in [1.165, 1.54) is 4.90 Å². The number of amides is 2. The number of carbonyl (C=O) groups excluding carboxylic acids is 3. The van der Waals surface area contributed by atoms with Gasteiger partial charge in [-0.1, -0.05) is 73.7 Å². The molecule has 3 aliphatic rings. The molecule has 2 unspecified atom stereocenters. The summed E-state index contributed by atoms with van der Waals surface area (Å²) in [5.41, 5.74) is -0.529. The fourth-order valence-corrected chi connectivity index (χ4v) is 8.00. The van der Waals surface area contributed by atoms with E-state index in [9.17, 15) is 14.7 Å². The molecule has 1 spiro atoms. The highest BCUT2D eigenvalue weighted by Crippen LogP contribution is 2.65. The van der Waals surface area contributed by atoms with Crippen molar-refractivity contribution >= 4 is 34.2 Å². The van der Waals surface area contributed by atoms with Crippen LogP contribution < -0.4 is 4.90 Å². The lowest BCUT2D eigenvalue weighted by molar-refractivity contribution is -0.161. The minimum absolute atomic E-state index is 0.178. The molecule has 1 N–H and O–H groups in total. The van der Waals surface area contributed by atoms with Crippen molar-refractivity contribution in [2.75, 3.05) is 24.7 Å². The molecular weight excluding hydrogens is 556 g/mol. The van der Waals surface area contributed by atoms with E-state index in [1.807, 2.05) is 79.7 Å². The molecule has 2 amide bonds. The molecule has 0 aromatic heterocycles. The summed E-state index contributed by atoms with van der Waals surface area (Å²) in [5, 5.41) is 12.8. The lowest BCUT2D eigenvalue weighted by Gasteiger charge is -2.39. The van der Waals surface area contributed by atoms with E-state index in [0.29, 0.717) is 31.4 Å². The van der Waals surface area contributed by atoms with Gasteiger partial charge in [0.25, 0.3) is 5.91 Å². The second-order valence-corrected chi connectivity index (χ2v) is 12.1. The summed E-state index contributed by atoms with van der Waals surface area (Å²) in [7, 11) is 0. The molecular formula is C36H40N2O6. The molecule has 8 nitrogen and oxygen atoms in total. The predicted molar refractivity (Wildman–Crippen MR) is 168 cm³/mol. The van der Waals surface area contributed by atoms with E-state index in [2.05, 4.69) is 6.58 Å². The Hall–Kier alpha value is -4.01. The van der Waals surface area contributed by atoms with E-state index in [0.717, 1.165) is 16.3 Å². The van der Waals surface area contributed by atoms with Crippen LogP contribution >= 0.6 is 0 Å². The Morgan fingerprint density at radius 3 is 2.50 bits per heavy atom. The minimum atomic E-state index is -1.23. The normalized spacial score (nSPS) is 27.8. The number of carbonyl (C=O) groups is 3. The Labute approximate surface area is 258 Å². The Balaban J connectivity index is 1.48. The van der Waals surface area contributed by atoms with Crippen LogP contribution in [0, 0.1) is 11.8 Å². The highest BCUT2D eigenvalue weighted by atomic mass is 16.6. The maximum absolute atomic E-state index is 15.0. The Kier molecular flexibility index (Phi) is 8.07. The van der Waals surface area contributed by atoms with Crippen molar-refractivity contribution in [1.29, 1.82) is 0 Å². The number of rotatable bonds is 11. The third-order valence-corrected chi connectivity index (χ3v) is 9.93. The van der Waals surface area contributed by atoms with Gasteiger partial charge in [-0.15, -0.1) is 6.58 Å². The Bertz CT molecular complexity index is 1580. The molecule has 3 fully saturated rings. The first kappa shape index (κ1) is 30.0. The molecule has 2 bridgehead atoms. The zero-order valence-corrected chi connectivity index (χ0v) is 25.4. The van der Waals surface area contributed by atoms with Gasteiger partial charge in [0.15, 0.2) is 0 Å². The van der Waals surface area contributed by atoms with Crippen LogP contribution in [-0.2, 0) is 30.3 Å². The first-order valence-electron chi connectivity index (χ1n) is 15.6. The number of aliphatic hydroxyl groups excluding tert-OH is 1. The lowest BCUT2D eigenvalue weighted by atomic mass is 9.65. The van der Waals surface area contributed by atoms with Gasteiger partial charge in [0.2, 0.25) is 5.91 Å². The number of benzene rings is 3. The van der Waals surface area contributed by atoms with Crippen molar-refractivity contribution in [2.45, 2.75) is 62.8 Å². The van der Waals surface area contributed by atoms with E-state index < -0.39 is 41.1 Å². The second kappa shape index (κ2) is 11.8. The van der Waals surface area contributed by atoms with Gasteiger partial charge < -0.3 is 24.4 Å². The van der Waals surface area contributed by atoms with Crippen LogP contribution in [0.2, 0.25) is 0 Å². The zero-order valence-electron chi connectivity index (χ0n) is 25.4. The fourth-order valence-electron chi connectivity index (χ4n) is 8.00. The summed E-state index contributed by atoms with van der Waals surface area (Å²) in [5.74, 6) is -2.86. The van der Waals surface area contributed by atoms with Crippen LogP contribution in [0.4, 0.5) is 5.69 Å². The predicted octanol–water partition coefficient (Wildman–Crippen LogP) is 4.68. The third-order valence-electron chi connectivity index (χ3n) is 9.93. The first-order valence-corrected chi connectivity index (χ1v) is 15.6. The average molecular weight is 597 g/mol. The average Bonchev–Trinajstić information content (AvgIpc) is 3.66. The number of nitrogens with zero attached hydrogens (tertiary/aromatic N) is 2. The number of anilines is 1. The van der Waals surface area contributed by atoms with Crippen LogP contribution in [0.15, 0.2) is 85.5 Å². The van der Waals surface area contributed by atoms with Gasteiger partial charge in [-0.05, 0) is 61.1 Å². The molecule has 0 aliphatic carbocycles. The van der Waals surface area contributed by atoms with Crippen LogP contribution in [0.25, 0.3) is 10.8 Å². The van der Waals surface area contributed by atoms with Crippen molar-refractivity contribution in [3.63, 3.8) is 0 Å². The summed E-state index contributed by atoms with van der Waals surface area (Å²) in [4.78, 5) is 46.4. The van der Waals surface area contributed by atoms with Crippen molar-refractivity contribution < 1.29 is 29.0 Å². The van der Waals surface area contributed by atoms with Gasteiger partial charge in [-0.2, -0.15) is 0 Å². The largest absolute Gasteiger partial charge is 0.466 e. The quantitative estimate of drug-likeness (QED) is 0.255. The molecule has 0 saturated carbocycles. The molecule has 3 aromatic carbocycles. The third kappa shape index (κ3) is 4.63. The fraction of sp³-hybridized carbons (Fsp3) is 0.417. The van der Waals surface area contributed by atoms with E-state index in [4.69, 9.17) is 9.47 Å². The molecule has 8 heteroatoms. The summed E-state index contributed by atoms with van der Waals surface area (Å²) >= 11 is 0. The highest BCUT2D eigenvalue weighted by molar-refractivity contribution is 6.05. The van der Waals surface area contributed by atoms with Crippen LogP contribution in [0.1, 0.15) is 38.7 Å². The lowest BCUT2D eigenvalue weighted by Crippen LogP contribution is -2.59. The number of likely N-dealkylation sites (tertiary alicyclic amines) is 1. The summed E-state index contributed by atoms with van der Waals surface area (Å²) in [6.07, 6.45) is 3.50. The molecule has 230 valence electrons. The first-order chi connectivity index (χ1) is 21.3. The van der Waals surface area contributed by atoms with E-state index >= 15 is 4.79 Å². The number of ether oxygens (including phenoxy) is 2. The standard InChI is InChI=1S/C36H40N2O6/c1-4-20-37(27-17-16-25-14-10-11-15-26(25)22-27)33(41)31-36-19-18-35(5-2,44-36)30(34(42)43-6-3)29(36)32(40)38(31)28(23-39)21-24-12-8-7-9-13-24/h4,7-17,22,28-31,39H,1,5-6,18-21,23H2,2-3H3/t28-,29+,30-,31?,35+,36?/m1/s1. The summed E-state index contributed by atoms with van der Waals surface area (Å²) < 4.78 is 12.4. The van der Waals surface area contributed by atoms with Crippen molar-refractivity contribution in [1.82, 2.24) is 4.90 Å². The molecule has 3 saturated heterocycles. The molecule has 3 heterocycles. The molecule has 6 rings (SSSR count). The summed E-state index contributed by atoms with van der Waals surface area (Å²) in [6, 6.07) is 21.6. The summed E-state index contributed by atoms with van der Waals surface area (Å²) in [6.45, 7) is 7.65. The smallest absolute Gasteiger partial charge is 0.312 e. The van der Waals surface area contributed by atoms with Crippen LogP contribution in [-0.4, -0.2) is 70.8 Å². The highest BCUT2D eigenvalue weighted by Gasteiger charge is 2.79. The molecule has 44 heavy (non-hydrogen) atoms. The van der Waals surface area contributed by atoms with Gasteiger partial charge in [-0.3, -0.25) is 14.4 Å². The van der Waals surface area contributed by atoms with Gasteiger partial charge in [-0.25, -0.2) is 0 Å². The van der Waals surface area contributed by atoms with E-state index in [-0.39, 0.29) is 31.6 Å². The van der Waals surface area contributed by atoms with Gasteiger partial charge >= 0.3 is 5.97 Å². The minimum Gasteiger partial charge on any atom is -0.466 e. The van der Waals surface area contributed by atoms with Crippen molar-refractivity contribution in [3.8, 4) is 0 Å². The van der Waals surface area contributed by atoms with Crippen LogP contribution in [0.5, 0.6) is 0 Å². The number of esters is 1. The van der Waals surface area contributed by atoms with Crippen molar-refractivity contribution in [3.05, 3.63) is 91.0 Å². The maximum Gasteiger partial charge on any atom is 0.312 e. The van der Waals surface area contributed by atoms with Crippen LogP contribution in [0.3, 0.4) is 0 Å². The van der Waals surface area contributed by atoms with E-state index in [1.54, 1.807) is 17.9 Å². The Morgan fingerprint density at radius 1 is 1.09 bits per heavy atom. The van der Waals surface area contributed by atoms with Crippen molar-refractivity contribution in [2.24, 2.45) is 11.8 Å².